The summed E-state index contributed by atoms with van der Waals surface area (Å²) < 4.78 is 29.0. The zero-order valence-electron chi connectivity index (χ0n) is 12.5. The lowest BCUT2D eigenvalue weighted by Gasteiger charge is -2.24. The standard InChI is InChI=1S/C13H25NO4S/c1-10(2)19(16,17)9-11-6-7-14(8-11)12(15)18-13(3,4)5/h10-11H,6-9H2,1-5H3/t11-/m0/s1. The van der Waals surface area contributed by atoms with Gasteiger partial charge in [0.05, 0.1) is 11.0 Å². The highest BCUT2D eigenvalue weighted by atomic mass is 32.2. The molecule has 1 atom stereocenters. The van der Waals surface area contributed by atoms with Gasteiger partial charge in [0.2, 0.25) is 0 Å². The molecular weight excluding hydrogens is 266 g/mol. The number of amides is 1. The topological polar surface area (TPSA) is 63.7 Å². The van der Waals surface area contributed by atoms with Gasteiger partial charge in [-0.15, -0.1) is 0 Å². The Labute approximate surface area is 116 Å². The lowest BCUT2D eigenvalue weighted by Crippen LogP contribution is -2.36. The number of ether oxygens (including phenoxy) is 1. The fourth-order valence-corrected chi connectivity index (χ4v) is 3.30. The van der Waals surface area contributed by atoms with Crippen LogP contribution < -0.4 is 0 Å². The second kappa shape index (κ2) is 5.69. The summed E-state index contributed by atoms with van der Waals surface area (Å²) in [5.74, 6) is 0.184. The zero-order chi connectivity index (χ0) is 14.8. The van der Waals surface area contributed by atoms with Gasteiger partial charge in [-0.05, 0) is 47.0 Å². The molecule has 1 aliphatic rings. The summed E-state index contributed by atoms with van der Waals surface area (Å²) in [6, 6.07) is 0. The van der Waals surface area contributed by atoms with Gasteiger partial charge < -0.3 is 9.64 Å². The fraction of sp³-hybridized carbons (Fsp3) is 0.923. The van der Waals surface area contributed by atoms with Gasteiger partial charge >= 0.3 is 6.09 Å². The summed E-state index contributed by atoms with van der Waals surface area (Å²) in [6.07, 6.45) is 0.377. The van der Waals surface area contributed by atoms with Gasteiger partial charge in [-0.3, -0.25) is 0 Å². The molecule has 1 saturated heterocycles. The van der Waals surface area contributed by atoms with Crippen LogP contribution in [0.15, 0.2) is 0 Å². The maximum Gasteiger partial charge on any atom is 0.410 e. The Morgan fingerprint density at radius 3 is 2.42 bits per heavy atom. The van der Waals surface area contributed by atoms with E-state index in [1.165, 1.54) is 0 Å². The monoisotopic (exact) mass is 291 g/mol. The Hall–Kier alpha value is -0.780. The zero-order valence-corrected chi connectivity index (χ0v) is 13.3. The highest BCUT2D eigenvalue weighted by Gasteiger charge is 2.32. The number of likely N-dealkylation sites (tertiary alicyclic amines) is 1. The Morgan fingerprint density at radius 2 is 1.95 bits per heavy atom. The maximum atomic E-state index is 11.9. The second-order valence-corrected chi connectivity index (χ2v) is 9.06. The molecule has 1 fully saturated rings. The van der Waals surface area contributed by atoms with E-state index in [2.05, 4.69) is 0 Å². The van der Waals surface area contributed by atoms with Gasteiger partial charge in [0, 0.05) is 13.1 Å². The average molecular weight is 291 g/mol. The van der Waals surface area contributed by atoms with E-state index in [9.17, 15) is 13.2 Å². The molecule has 0 aromatic carbocycles. The predicted octanol–water partition coefficient (Wildman–Crippen LogP) is 2.07. The van der Waals surface area contributed by atoms with Crippen LogP contribution in [0.4, 0.5) is 4.79 Å². The van der Waals surface area contributed by atoms with Crippen molar-refractivity contribution < 1.29 is 17.9 Å². The van der Waals surface area contributed by atoms with Crippen LogP contribution >= 0.6 is 0 Å². The lowest BCUT2D eigenvalue weighted by atomic mass is 10.2. The first kappa shape index (κ1) is 16.3. The second-order valence-electron chi connectivity index (χ2n) is 6.46. The SMILES string of the molecule is CC(C)S(=O)(=O)C[C@H]1CCN(C(=O)OC(C)(C)C)C1. The molecule has 0 saturated carbocycles. The fourth-order valence-electron chi connectivity index (χ4n) is 1.98. The van der Waals surface area contributed by atoms with Crippen molar-refractivity contribution in [3.63, 3.8) is 0 Å². The number of nitrogens with zero attached hydrogens (tertiary/aromatic N) is 1. The smallest absolute Gasteiger partial charge is 0.410 e. The maximum absolute atomic E-state index is 11.9. The summed E-state index contributed by atoms with van der Waals surface area (Å²) in [5, 5.41) is -0.358. The Balaban J connectivity index is 2.53. The molecule has 0 aromatic heterocycles. The first-order valence-corrected chi connectivity index (χ1v) is 8.42. The molecule has 1 heterocycles. The largest absolute Gasteiger partial charge is 0.444 e. The van der Waals surface area contributed by atoms with Crippen LogP contribution in [0, 0.1) is 5.92 Å². The molecule has 112 valence electrons. The van der Waals surface area contributed by atoms with Crippen LogP contribution in [0.2, 0.25) is 0 Å². The number of sulfone groups is 1. The predicted molar refractivity (Wildman–Crippen MR) is 74.8 cm³/mol. The minimum atomic E-state index is -3.04. The number of rotatable bonds is 3. The van der Waals surface area contributed by atoms with E-state index in [1.807, 2.05) is 20.8 Å². The molecule has 6 heteroatoms. The van der Waals surface area contributed by atoms with Crippen molar-refractivity contribution in [2.24, 2.45) is 5.92 Å². The third-order valence-corrected chi connectivity index (χ3v) is 5.50. The third kappa shape index (κ3) is 5.01. The van der Waals surface area contributed by atoms with Gasteiger partial charge in [-0.1, -0.05) is 0 Å². The van der Waals surface area contributed by atoms with Crippen molar-refractivity contribution in [1.82, 2.24) is 4.90 Å². The van der Waals surface area contributed by atoms with Crippen LogP contribution in [-0.4, -0.2) is 49.1 Å². The summed E-state index contributed by atoms with van der Waals surface area (Å²) in [4.78, 5) is 13.5. The molecule has 0 N–H and O–H groups in total. The number of hydrogen-bond donors (Lipinski definition) is 0. The molecule has 1 rings (SSSR count). The minimum Gasteiger partial charge on any atom is -0.444 e. The Morgan fingerprint density at radius 1 is 1.37 bits per heavy atom. The van der Waals surface area contributed by atoms with Gasteiger partial charge in [-0.2, -0.15) is 0 Å². The highest BCUT2D eigenvalue weighted by molar-refractivity contribution is 7.91. The number of carbonyl (C=O) groups is 1. The van der Waals surface area contributed by atoms with Crippen molar-refractivity contribution in [2.45, 2.75) is 51.9 Å². The Bertz CT molecular complexity index is 422. The minimum absolute atomic E-state index is 0.0277. The van der Waals surface area contributed by atoms with Crippen molar-refractivity contribution >= 4 is 15.9 Å². The summed E-state index contributed by atoms with van der Waals surface area (Å²) in [5.41, 5.74) is -0.515. The van der Waals surface area contributed by atoms with Crippen LogP contribution in [0.5, 0.6) is 0 Å². The van der Waals surface area contributed by atoms with Crippen molar-refractivity contribution in [2.75, 3.05) is 18.8 Å². The van der Waals surface area contributed by atoms with Crippen molar-refractivity contribution in [1.29, 1.82) is 0 Å². The van der Waals surface area contributed by atoms with E-state index in [1.54, 1.807) is 18.7 Å². The normalized spacial score (nSPS) is 20.9. The van der Waals surface area contributed by atoms with E-state index in [4.69, 9.17) is 4.74 Å². The molecule has 1 amide bonds. The molecule has 0 aliphatic carbocycles. The molecule has 19 heavy (non-hydrogen) atoms. The lowest BCUT2D eigenvalue weighted by molar-refractivity contribution is 0.0289. The first-order chi connectivity index (χ1) is 8.51. The van der Waals surface area contributed by atoms with Gasteiger partial charge in [0.25, 0.3) is 0 Å². The van der Waals surface area contributed by atoms with Crippen LogP contribution in [0.3, 0.4) is 0 Å². The molecule has 0 spiro atoms. The van der Waals surface area contributed by atoms with Crippen molar-refractivity contribution in [3.05, 3.63) is 0 Å². The van der Waals surface area contributed by atoms with E-state index >= 15 is 0 Å². The molecule has 5 nitrogen and oxygen atoms in total. The quantitative estimate of drug-likeness (QED) is 0.798. The number of hydrogen-bond acceptors (Lipinski definition) is 4. The van der Waals surface area contributed by atoms with Gasteiger partial charge in [0.15, 0.2) is 9.84 Å². The summed E-state index contributed by atoms with van der Waals surface area (Å²) in [7, 11) is -3.04. The molecule has 1 aliphatic heterocycles. The van der Waals surface area contributed by atoms with E-state index in [0.29, 0.717) is 13.1 Å². The van der Waals surface area contributed by atoms with Gasteiger partial charge in [-0.25, -0.2) is 13.2 Å². The van der Waals surface area contributed by atoms with Crippen molar-refractivity contribution in [3.8, 4) is 0 Å². The van der Waals surface area contributed by atoms with Gasteiger partial charge in [0.1, 0.15) is 5.60 Å². The van der Waals surface area contributed by atoms with Crippen LogP contribution in [-0.2, 0) is 14.6 Å². The van der Waals surface area contributed by atoms with E-state index in [-0.39, 0.29) is 23.0 Å². The summed E-state index contributed by atoms with van der Waals surface area (Å²) >= 11 is 0. The van der Waals surface area contributed by atoms with Crippen LogP contribution in [0.25, 0.3) is 0 Å². The van der Waals surface area contributed by atoms with E-state index < -0.39 is 15.4 Å². The summed E-state index contributed by atoms with van der Waals surface area (Å²) in [6.45, 7) is 9.89. The average Bonchev–Trinajstić information content (AvgIpc) is 2.62. The third-order valence-electron chi connectivity index (χ3n) is 3.12. The number of carbonyl (C=O) groups excluding carboxylic acids is 1. The highest BCUT2D eigenvalue weighted by Crippen LogP contribution is 2.22. The molecule has 0 unspecified atom stereocenters. The molecule has 0 aromatic rings. The molecule has 0 bridgehead atoms. The first-order valence-electron chi connectivity index (χ1n) is 6.71. The molecular formula is C13H25NO4S. The van der Waals surface area contributed by atoms with E-state index in [0.717, 1.165) is 6.42 Å². The Kier molecular flexibility index (Phi) is 4.87. The van der Waals surface area contributed by atoms with Crippen LogP contribution in [0.1, 0.15) is 41.0 Å². The molecule has 0 radical (unpaired) electrons.